The van der Waals surface area contributed by atoms with E-state index in [1.165, 1.54) is 37.5 Å². The normalized spacial score (nSPS) is 19.6. The van der Waals surface area contributed by atoms with Gasteiger partial charge in [0.05, 0.1) is 4.90 Å². The molecule has 226 valence electrons. The summed E-state index contributed by atoms with van der Waals surface area (Å²) >= 11 is 0. The molecule has 2 heterocycles. The number of anilines is 1. The monoisotopic (exact) mass is 609 g/mol. The van der Waals surface area contributed by atoms with E-state index in [9.17, 15) is 31.2 Å². The van der Waals surface area contributed by atoms with Crippen molar-refractivity contribution < 1.29 is 45.5 Å². The van der Waals surface area contributed by atoms with Gasteiger partial charge < -0.3 is 20.2 Å². The van der Waals surface area contributed by atoms with Crippen LogP contribution in [0.4, 0.5) is 18.9 Å². The number of fused-ring (bicyclic) bond motifs is 1. The summed E-state index contributed by atoms with van der Waals surface area (Å²) in [5.74, 6) is -3.25. The lowest BCUT2D eigenvalue weighted by Crippen LogP contribution is -2.45. The van der Waals surface area contributed by atoms with Crippen LogP contribution < -0.4 is 15.4 Å². The summed E-state index contributed by atoms with van der Waals surface area (Å²) in [7, 11) is -4.02. The molecule has 14 heteroatoms. The number of carbonyl (C=O) groups excluding carboxylic acids is 2. The molecule has 1 aromatic heterocycles. The number of carboxylic acid groups (broad SMARTS) is 1. The van der Waals surface area contributed by atoms with Crippen LogP contribution in [0.3, 0.4) is 0 Å². The van der Waals surface area contributed by atoms with Gasteiger partial charge in [-0.25, -0.2) is 17.9 Å². The summed E-state index contributed by atoms with van der Waals surface area (Å²) in [6.07, 6.45) is 1.80. The van der Waals surface area contributed by atoms with Gasteiger partial charge in [-0.05, 0) is 54.7 Å². The van der Waals surface area contributed by atoms with E-state index >= 15 is 0 Å². The second-order valence-corrected chi connectivity index (χ2v) is 12.0. The molecular weight excluding hydrogens is 579 g/mol. The molecule has 2 amide bonds. The van der Waals surface area contributed by atoms with Crippen LogP contribution in [-0.2, 0) is 19.6 Å². The van der Waals surface area contributed by atoms with E-state index in [4.69, 9.17) is 20.1 Å². The maximum atomic E-state index is 12.6. The van der Waals surface area contributed by atoms with Crippen LogP contribution in [-0.4, -0.2) is 50.1 Å². The third-order valence-electron chi connectivity index (χ3n) is 7.57. The molecule has 0 bridgehead atoms. The van der Waals surface area contributed by atoms with Crippen molar-refractivity contribution in [1.29, 1.82) is 0 Å². The van der Waals surface area contributed by atoms with E-state index in [-0.39, 0.29) is 28.5 Å². The SMILES string of the molecule is NC(=O)[C@@H]1[C@H](C2CCCCC2)CCN1c1ccc2oc(C(=O)NS(=O)(=O)c3ccccc3)cc2c1.O=C(O)C(F)(F)F. The Balaban J connectivity index is 0.000000517. The first-order chi connectivity index (χ1) is 19.8. The first-order valence-corrected chi connectivity index (χ1v) is 14.8. The lowest BCUT2D eigenvalue weighted by atomic mass is 9.76. The van der Waals surface area contributed by atoms with Crippen LogP contribution >= 0.6 is 0 Å². The maximum absolute atomic E-state index is 12.6. The number of nitrogens with two attached hydrogens (primary N) is 1. The van der Waals surface area contributed by atoms with Gasteiger partial charge in [0.15, 0.2) is 5.76 Å². The van der Waals surface area contributed by atoms with Gasteiger partial charge in [-0.3, -0.25) is 9.59 Å². The zero-order chi connectivity index (χ0) is 30.7. The smallest absolute Gasteiger partial charge is 0.475 e. The summed E-state index contributed by atoms with van der Waals surface area (Å²) in [6, 6.07) is 14.3. The molecule has 42 heavy (non-hydrogen) atoms. The third kappa shape index (κ3) is 7.04. The molecule has 0 unspecified atom stereocenters. The third-order valence-corrected chi connectivity index (χ3v) is 8.92. The highest BCUT2D eigenvalue weighted by molar-refractivity contribution is 7.90. The minimum atomic E-state index is -5.08. The molecule has 1 saturated heterocycles. The van der Waals surface area contributed by atoms with Crippen molar-refractivity contribution in [3.63, 3.8) is 0 Å². The molecule has 2 atom stereocenters. The minimum absolute atomic E-state index is 0.00852. The molecule has 2 fully saturated rings. The molecule has 4 N–H and O–H groups in total. The van der Waals surface area contributed by atoms with Crippen LogP contribution in [0.2, 0.25) is 0 Å². The van der Waals surface area contributed by atoms with E-state index in [0.29, 0.717) is 16.9 Å². The van der Waals surface area contributed by atoms with Gasteiger partial charge in [-0.15, -0.1) is 0 Å². The van der Waals surface area contributed by atoms with E-state index in [0.717, 1.165) is 31.5 Å². The number of halogens is 3. The van der Waals surface area contributed by atoms with Crippen LogP contribution in [0.1, 0.15) is 49.1 Å². The second-order valence-electron chi connectivity index (χ2n) is 10.3. The molecule has 5 rings (SSSR count). The number of primary amides is 1. The summed E-state index contributed by atoms with van der Waals surface area (Å²) in [5, 5.41) is 7.77. The van der Waals surface area contributed by atoms with Crippen LogP contribution in [0.25, 0.3) is 11.0 Å². The first kappa shape index (κ1) is 30.9. The lowest BCUT2D eigenvalue weighted by Gasteiger charge is -2.33. The summed E-state index contributed by atoms with van der Waals surface area (Å²) in [6.45, 7) is 0.737. The fourth-order valence-corrected chi connectivity index (χ4v) is 6.66. The average molecular weight is 610 g/mol. The molecule has 2 aromatic carbocycles. The Morgan fingerprint density at radius 2 is 1.62 bits per heavy atom. The predicted octanol–water partition coefficient (Wildman–Crippen LogP) is 4.45. The fourth-order valence-electron chi connectivity index (χ4n) is 5.68. The van der Waals surface area contributed by atoms with Crippen molar-refractivity contribution in [2.75, 3.05) is 11.4 Å². The van der Waals surface area contributed by atoms with Gasteiger partial charge in [0, 0.05) is 17.6 Å². The predicted molar refractivity (Wildman–Crippen MR) is 146 cm³/mol. The van der Waals surface area contributed by atoms with Crippen molar-refractivity contribution in [2.45, 2.75) is 55.6 Å². The van der Waals surface area contributed by atoms with E-state index in [1.807, 2.05) is 12.1 Å². The Bertz CT molecular complexity index is 1550. The molecular formula is C28H30F3N3O7S. The van der Waals surface area contributed by atoms with Crippen LogP contribution in [0, 0.1) is 11.8 Å². The molecule has 2 aliphatic rings. The van der Waals surface area contributed by atoms with E-state index < -0.39 is 28.1 Å². The molecule has 10 nitrogen and oxygen atoms in total. The number of carbonyl (C=O) groups is 3. The quantitative estimate of drug-likeness (QED) is 0.370. The van der Waals surface area contributed by atoms with Crippen molar-refractivity contribution in [3.8, 4) is 0 Å². The molecule has 1 saturated carbocycles. The number of furan rings is 1. The number of alkyl halides is 3. The highest BCUT2D eigenvalue weighted by atomic mass is 32.2. The Morgan fingerprint density at radius 3 is 2.21 bits per heavy atom. The number of aliphatic carboxylic acids is 1. The van der Waals surface area contributed by atoms with Gasteiger partial charge in [-0.2, -0.15) is 13.2 Å². The fraction of sp³-hybridized carbons (Fsp3) is 0.393. The maximum Gasteiger partial charge on any atom is 0.490 e. The van der Waals surface area contributed by atoms with Crippen LogP contribution in [0.5, 0.6) is 0 Å². The van der Waals surface area contributed by atoms with Gasteiger partial charge in [0.25, 0.3) is 10.0 Å². The molecule has 3 aromatic rings. The van der Waals surface area contributed by atoms with Gasteiger partial charge in [-0.1, -0.05) is 50.3 Å². The number of hydrogen-bond donors (Lipinski definition) is 3. The largest absolute Gasteiger partial charge is 0.490 e. The number of hydrogen-bond acceptors (Lipinski definition) is 7. The average Bonchev–Trinajstić information content (AvgIpc) is 3.58. The Morgan fingerprint density at radius 1 is 0.976 bits per heavy atom. The zero-order valence-electron chi connectivity index (χ0n) is 22.3. The van der Waals surface area contributed by atoms with Gasteiger partial charge in [0.2, 0.25) is 5.91 Å². The van der Waals surface area contributed by atoms with Crippen molar-refractivity contribution in [3.05, 3.63) is 60.4 Å². The first-order valence-electron chi connectivity index (χ1n) is 13.3. The van der Waals surface area contributed by atoms with Gasteiger partial charge >= 0.3 is 18.1 Å². The highest BCUT2D eigenvalue weighted by Gasteiger charge is 2.42. The molecule has 0 spiro atoms. The van der Waals surface area contributed by atoms with Gasteiger partial charge in [0.1, 0.15) is 11.6 Å². The highest BCUT2D eigenvalue weighted by Crippen LogP contribution is 2.41. The molecule has 0 radical (unpaired) electrons. The van der Waals surface area contributed by atoms with Crippen molar-refractivity contribution in [2.24, 2.45) is 17.6 Å². The Hall–Kier alpha value is -4.07. The van der Waals surface area contributed by atoms with Crippen molar-refractivity contribution >= 4 is 44.5 Å². The number of nitrogens with one attached hydrogen (secondary N) is 1. The Kier molecular flexibility index (Phi) is 9.14. The van der Waals surface area contributed by atoms with Crippen LogP contribution in [0.15, 0.2) is 63.9 Å². The standard InChI is InChI=1S/C26H29N3O5S.C2HF3O2/c27-25(30)24-21(17-7-3-1-4-8-17)13-14-29(24)19-11-12-22-18(15-19)16-23(34-22)26(31)28-35(32,33)20-9-5-2-6-10-20;3-2(4,5)1(6)7/h2,5-6,9-12,15-17,21,24H,1,3-4,7-8,13-14H2,(H2,27,30)(H,28,31);(H,6,7)/t21-,24-;/m0./s1. The second kappa shape index (κ2) is 12.4. The molecule has 1 aliphatic carbocycles. The summed E-state index contributed by atoms with van der Waals surface area (Å²) in [4.78, 5) is 36.1. The number of sulfonamides is 1. The van der Waals surface area contributed by atoms with E-state index in [1.54, 1.807) is 24.3 Å². The number of nitrogens with zero attached hydrogens (tertiary/aromatic N) is 1. The number of rotatable bonds is 6. The van der Waals surface area contributed by atoms with Crippen molar-refractivity contribution in [1.82, 2.24) is 4.72 Å². The topological polar surface area (TPSA) is 160 Å². The summed E-state index contributed by atoms with van der Waals surface area (Å²) < 4.78 is 64.4. The lowest BCUT2D eigenvalue weighted by molar-refractivity contribution is -0.192. The summed E-state index contributed by atoms with van der Waals surface area (Å²) in [5.41, 5.74) is 7.17. The zero-order valence-corrected chi connectivity index (χ0v) is 23.2. The number of amides is 2. The number of benzene rings is 2. The minimum Gasteiger partial charge on any atom is -0.475 e. The number of carboxylic acids is 1. The van der Waals surface area contributed by atoms with E-state index in [2.05, 4.69) is 9.62 Å². The molecule has 1 aliphatic heterocycles. The Labute approximate surface area is 239 Å².